The molecule has 1 heterocycles. The molecule has 1 N–H and O–H groups in total. The van der Waals surface area contributed by atoms with Crippen molar-refractivity contribution in [1.82, 2.24) is 4.98 Å². The second-order valence-corrected chi connectivity index (χ2v) is 9.78. The standard InChI is InChI=1S/C31H31FN2O4/c1-31(2,3)25-16-21(23-12-9-15-33-30(23)37-5)17-27(28(25)36-4)34-29(35)24-14-13-22(18-26(24)32)38-19-20-10-7-6-8-11-20/h6-18H,19H2,1-5H3,(H,34,35). The lowest BCUT2D eigenvalue weighted by molar-refractivity contribution is 0.102. The Morgan fingerprint density at radius 2 is 1.71 bits per heavy atom. The van der Waals surface area contributed by atoms with E-state index in [0.29, 0.717) is 29.7 Å². The first kappa shape index (κ1) is 26.7. The maximum absolute atomic E-state index is 15.0. The summed E-state index contributed by atoms with van der Waals surface area (Å²) in [5, 5.41) is 2.85. The first-order chi connectivity index (χ1) is 18.2. The molecule has 0 bridgehead atoms. The molecule has 0 aliphatic rings. The first-order valence-electron chi connectivity index (χ1n) is 12.2. The van der Waals surface area contributed by atoms with Crippen molar-refractivity contribution < 1.29 is 23.4 Å². The number of anilines is 1. The molecule has 0 saturated carbocycles. The molecule has 38 heavy (non-hydrogen) atoms. The second kappa shape index (κ2) is 11.3. The summed E-state index contributed by atoms with van der Waals surface area (Å²) in [7, 11) is 3.10. The van der Waals surface area contributed by atoms with Crippen LogP contribution in [0, 0.1) is 5.82 Å². The molecule has 196 valence electrons. The number of ether oxygens (including phenoxy) is 3. The van der Waals surface area contributed by atoms with Gasteiger partial charge in [0.15, 0.2) is 0 Å². The number of halogens is 1. The molecule has 0 radical (unpaired) electrons. The summed E-state index contributed by atoms with van der Waals surface area (Å²) in [5.74, 6) is -0.00693. The lowest BCUT2D eigenvalue weighted by Gasteiger charge is -2.25. The van der Waals surface area contributed by atoms with E-state index in [1.54, 1.807) is 32.5 Å². The van der Waals surface area contributed by atoms with Gasteiger partial charge in [-0.3, -0.25) is 4.79 Å². The molecule has 4 rings (SSSR count). The van der Waals surface area contributed by atoms with Gasteiger partial charge in [-0.15, -0.1) is 0 Å². The molecule has 0 aliphatic carbocycles. The zero-order valence-electron chi connectivity index (χ0n) is 22.2. The number of carbonyl (C=O) groups is 1. The van der Waals surface area contributed by atoms with Gasteiger partial charge in [0.05, 0.1) is 25.5 Å². The zero-order chi connectivity index (χ0) is 27.3. The monoisotopic (exact) mass is 514 g/mol. The fraction of sp³-hybridized carbons (Fsp3) is 0.226. The molecule has 0 fully saturated rings. The fourth-order valence-electron chi connectivity index (χ4n) is 4.13. The van der Waals surface area contributed by atoms with Crippen LogP contribution in [-0.4, -0.2) is 25.1 Å². The third kappa shape index (κ3) is 5.94. The Labute approximate surface area is 222 Å². The Balaban J connectivity index is 1.66. The van der Waals surface area contributed by atoms with E-state index in [2.05, 4.69) is 31.1 Å². The molecule has 0 unspecified atom stereocenters. The maximum Gasteiger partial charge on any atom is 0.258 e. The van der Waals surface area contributed by atoms with E-state index in [9.17, 15) is 4.79 Å². The van der Waals surface area contributed by atoms with Gasteiger partial charge in [0.1, 0.15) is 23.9 Å². The van der Waals surface area contributed by atoms with Gasteiger partial charge in [0.25, 0.3) is 5.91 Å². The maximum atomic E-state index is 15.0. The highest BCUT2D eigenvalue weighted by molar-refractivity contribution is 6.06. The number of carbonyl (C=O) groups excluding carboxylic acids is 1. The van der Waals surface area contributed by atoms with Gasteiger partial charge in [0, 0.05) is 23.4 Å². The number of nitrogens with zero attached hydrogens (tertiary/aromatic N) is 1. The van der Waals surface area contributed by atoms with Crippen LogP contribution in [0.4, 0.5) is 10.1 Å². The molecule has 7 heteroatoms. The molecule has 0 spiro atoms. The number of rotatable bonds is 8. The molecule has 6 nitrogen and oxygen atoms in total. The van der Waals surface area contributed by atoms with E-state index in [1.807, 2.05) is 48.5 Å². The van der Waals surface area contributed by atoms with E-state index >= 15 is 4.39 Å². The highest BCUT2D eigenvalue weighted by Gasteiger charge is 2.25. The Hall–Kier alpha value is -4.39. The van der Waals surface area contributed by atoms with E-state index in [4.69, 9.17) is 14.2 Å². The quantitative estimate of drug-likeness (QED) is 0.273. The van der Waals surface area contributed by atoms with Gasteiger partial charge in [0.2, 0.25) is 5.88 Å². The van der Waals surface area contributed by atoms with E-state index in [-0.39, 0.29) is 11.0 Å². The largest absolute Gasteiger partial charge is 0.494 e. The van der Waals surface area contributed by atoms with Gasteiger partial charge >= 0.3 is 0 Å². The highest BCUT2D eigenvalue weighted by atomic mass is 19.1. The summed E-state index contributed by atoms with van der Waals surface area (Å²) in [6, 6.07) is 21.3. The van der Waals surface area contributed by atoms with Crippen LogP contribution in [0.1, 0.15) is 42.3 Å². The summed E-state index contributed by atoms with van der Waals surface area (Å²) >= 11 is 0. The van der Waals surface area contributed by atoms with Crippen molar-refractivity contribution in [2.75, 3.05) is 19.5 Å². The summed E-state index contributed by atoms with van der Waals surface area (Å²) in [6.45, 7) is 6.45. The summed E-state index contributed by atoms with van der Waals surface area (Å²) < 4.78 is 31.9. The Morgan fingerprint density at radius 1 is 0.947 bits per heavy atom. The topological polar surface area (TPSA) is 69.7 Å². The van der Waals surface area contributed by atoms with Gasteiger partial charge < -0.3 is 19.5 Å². The van der Waals surface area contributed by atoms with Crippen molar-refractivity contribution in [3.8, 4) is 28.5 Å². The number of pyridine rings is 1. The second-order valence-electron chi connectivity index (χ2n) is 9.78. The van der Waals surface area contributed by atoms with Crippen molar-refractivity contribution >= 4 is 11.6 Å². The molecule has 1 aromatic heterocycles. The minimum absolute atomic E-state index is 0.110. The smallest absolute Gasteiger partial charge is 0.258 e. The summed E-state index contributed by atoms with van der Waals surface area (Å²) in [5.41, 5.74) is 3.34. The lowest BCUT2D eigenvalue weighted by Crippen LogP contribution is -2.18. The van der Waals surface area contributed by atoms with E-state index in [0.717, 1.165) is 22.3 Å². The number of hydrogen-bond acceptors (Lipinski definition) is 5. The van der Waals surface area contributed by atoms with Gasteiger partial charge in [-0.2, -0.15) is 0 Å². The highest BCUT2D eigenvalue weighted by Crippen LogP contribution is 2.42. The molecule has 1 amide bonds. The Kier molecular flexibility index (Phi) is 7.96. The number of nitrogens with one attached hydrogen (secondary N) is 1. The predicted molar refractivity (Wildman–Crippen MR) is 147 cm³/mol. The van der Waals surface area contributed by atoms with Gasteiger partial charge in [-0.1, -0.05) is 51.1 Å². The SMILES string of the molecule is COc1ncccc1-c1cc(NC(=O)c2ccc(OCc3ccccc3)cc2F)c(OC)c(C(C)(C)C)c1. The van der Waals surface area contributed by atoms with Gasteiger partial charge in [-0.25, -0.2) is 9.37 Å². The van der Waals surface area contributed by atoms with Crippen LogP contribution in [-0.2, 0) is 12.0 Å². The normalized spacial score (nSPS) is 11.1. The Bertz CT molecular complexity index is 1430. The van der Waals surface area contributed by atoms with Crippen LogP contribution in [0.2, 0.25) is 0 Å². The van der Waals surface area contributed by atoms with Crippen LogP contribution in [0.25, 0.3) is 11.1 Å². The fourth-order valence-corrected chi connectivity index (χ4v) is 4.13. The minimum Gasteiger partial charge on any atom is -0.494 e. The van der Waals surface area contributed by atoms with Crippen molar-refractivity contribution in [2.24, 2.45) is 0 Å². The summed E-state index contributed by atoms with van der Waals surface area (Å²) in [4.78, 5) is 17.5. The van der Waals surface area contributed by atoms with Crippen molar-refractivity contribution in [3.05, 3.63) is 102 Å². The number of amides is 1. The van der Waals surface area contributed by atoms with Crippen molar-refractivity contribution in [1.29, 1.82) is 0 Å². The molecule has 3 aromatic carbocycles. The molecule has 0 saturated heterocycles. The van der Waals surface area contributed by atoms with Crippen LogP contribution in [0.5, 0.6) is 17.4 Å². The van der Waals surface area contributed by atoms with Crippen molar-refractivity contribution in [2.45, 2.75) is 32.8 Å². The minimum atomic E-state index is -0.687. The average molecular weight is 515 g/mol. The number of hydrogen-bond donors (Lipinski definition) is 1. The first-order valence-corrected chi connectivity index (χ1v) is 12.2. The number of aromatic nitrogens is 1. The number of methoxy groups -OCH3 is 2. The van der Waals surface area contributed by atoms with Crippen LogP contribution < -0.4 is 19.5 Å². The zero-order valence-corrected chi connectivity index (χ0v) is 22.2. The Morgan fingerprint density at radius 3 is 2.37 bits per heavy atom. The summed E-state index contributed by atoms with van der Waals surface area (Å²) in [6.07, 6.45) is 1.65. The molecular formula is C31H31FN2O4. The van der Waals surface area contributed by atoms with Gasteiger partial charge in [-0.05, 0) is 52.9 Å². The van der Waals surface area contributed by atoms with E-state index in [1.165, 1.54) is 12.1 Å². The van der Waals surface area contributed by atoms with Crippen molar-refractivity contribution in [3.63, 3.8) is 0 Å². The lowest BCUT2D eigenvalue weighted by atomic mass is 9.84. The molecule has 4 aromatic rings. The average Bonchev–Trinajstić information content (AvgIpc) is 2.91. The third-order valence-electron chi connectivity index (χ3n) is 6.06. The predicted octanol–water partition coefficient (Wildman–Crippen LogP) is 7.03. The molecule has 0 atom stereocenters. The van der Waals surface area contributed by atoms with E-state index < -0.39 is 11.7 Å². The van der Waals surface area contributed by atoms with Crippen LogP contribution in [0.3, 0.4) is 0 Å². The molecule has 0 aliphatic heterocycles. The number of benzene rings is 3. The van der Waals surface area contributed by atoms with Crippen LogP contribution >= 0.6 is 0 Å². The van der Waals surface area contributed by atoms with Crippen LogP contribution in [0.15, 0.2) is 79.0 Å². The molecular weight excluding hydrogens is 483 g/mol. The third-order valence-corrected chi connectivity index (χ3v) is 6.06.